The van der Waals surface area contributed by atoms with Crippen LogP contribution in [0.4, 0.5) is 0 Å². The Morgan fingerprint density at radius 3 is 2.53 bits per heavy atom. The van der Waals surface area contributed by atoms with Crippen LogP contribution in [0.15, 0.2) is 0 Å². The molecule has 0 aromatic rings. The predicted molar refractivity (Wildman–Crippen MR) is 68.5 cm³/mol. The molecule has 2 rings (SSSR count). The predicted octanol–water partition coefficient (Wildman–Crippen LogP) is 1.44. The summed E-state index contributed by atoms with van der Waals surface area (Å²) in [7, 11) is 0. The van der Waals surface area contributed by atoms with Crippen molar-refractivity contribution >= 4 is 17.7 Å². The lowest BCUT2D eigenvalue weighted by Crippen LogP contribution is -2.44. The SMILES string of the molecule is CC1CN(CC2CCC(C(=O)O)O2)CC(C)S1. The molecular formula is C12H21NO3S. The number of aliphatic carboxylic acids is 1. The minimum absolute atomic E-state index is 0.110. The third-order valence-electron chi connectivity index (χ3n) is 3.34. The second-order valence-electron chi connectivity index (χ2n) is 5.14. The van der Waals surface area contributed by atoms with Crippen molar-refractivity contribution in [1.29, 1.82) is 0 Å². The fourth-order valence-electron chi connectivity index (χ4n) is 2.74. The third kappa shape index (κ3) is 3.60. The summed E-state index contributed by atoms with van der Waals surface area (Å²) >= 11 is 2.03. The standard InChI is InChI=1S/C12H21NO3S/c1-8-5-13(6-9(2)17-8)7-10-3-4-11(16-10)12(14)15/h8-11H,3-7H2,1-2H3,(H,14,15). The summed E-state index contributed by atoms with van der Waals surface area (Å²) in [4.78, 5) is 13.2. The highest BCUT2D eigenvalue weighted by molar-refractivity contribution is 8.00. The monoisotopic (exact) mass is 259 g/mol. The molecule has 5 heteroatoms. The van der Waals surface area contributed by atoms with Gasteiger partial charge in [-0.1, -0.05) is 13.8 Å². The number of ether oxygens (including phenoxy) is 1. The van der Waals surface area contributed by atoms with E-state index in [4.69, 9.17) is 9.84 Å². The van der Waals surface area contributed by atoms with Gasteiger partial charge in [-0.25, -0.2) is 4.79 Å². The first kappa shape index (κ1) is 13.2. The van der Waals surface area contributed by atoms with E-state index in [1.807, 2.05) is 11.8 Å². The van der Waals surface area contributed by atoms with Crippen LogP contribution in [0.1, 0.15) is 26.7 Å². The van der Waals surface area contributed by atoms with Crippen LogP contribution in [-0.2, 0) is 9.53 Å². The first-order chi connectivity index (χ1) is 8.04. The fourth-order valence-corrected chi connectivity index (χ4v) is 4.13. The van der Waals surface area contributed by atoms with Gasteiger partial charge in [0.15, 0.2) is 6.10 Å². The average Bonchev–Trinajstić information content (AvgIpc) is 2.64. The Kier molecular flexibility index (Phi) is 4.33. The molecule has 4 atom stereocenters. The van der Waals surface area contributed by atoms with Gasteiger partial charge in [0, 0.05) is 30.1 Å². The number of nitrogens with zero attached hydrogens (tertiary/aromatic N) is 1. The quantitative estimate of drug-likeness (QED) is 0.831. The Balaban J connectivity index is 1.79. The van der Waals surface area contributed by atoms with E-state index in [9.17, 15) is 4.79 Å². The van der Waals surface area contributed by atoms with Crippen molar-refractivity contribution < 1.29 is 14.6 Å². The van der Waals surface area contributed by atoms with Crippen molar-refractivity contribution in [3.8, 4) is 0 Å². The molecule has 0 aliphatic carbocycles. The summed E-state index contributed by atoms with van der Waals surface area (Å²) in [5.41, 5.74) is 0. The smallest absolute Gasteiger partial charge is 0.332 e. The van der Waals surface area contributed by atoms with Gasteiger partial charge in [0.2, 0.25) is 0 Å². The Hall–Kier alpha value is -0.260. The molecule has 0 amide bonds. The normalized spacial score (nSPS) is 39.4. The van der Waals surface area contributed by atoms with Gasteiger partial charge in [-0.05, 0) is 12.8 Å². The van der Waals surface area contributed by atoms with E-state index in [-0.39, 0.29) is 6.10 Å². The van der Waals surface area contributed by atoms with Crippen molar-refractivity contribution in [3.05, 3.63) is 0 Å². The number of hydrogen-bond acceptors (Lipinski definition) is 4. The molecule has 4 unspecified atom stereocenters. The Morgan fingerprint density at radius 1 is 1.35 bits per heavy atom. The summed E-state index contributed by atoms with van der Waals surface area (Å²) in [6.07, 6.45) is 1.07. The zero-order valence-electron chi connectivity index (χ0n) is 10.5. The van der Waals surface area contributed by atoms with Crippen molar-refractivity contribution in [1.82, 2.24) is 4.90 Å². The number of hydrogen-bond donors (Lipinski definition) is 1. The minimum Gasteiger partial charge on any atom is -0.479 e. The van der Waals surface area contributed by atoms with E-state index in [1.165, 1.54) is 0 Å². The molecule has 2 saturated heterocycles. The van der Waals surface area contributed by atoms with E-state index < -0.39 is 12.1 Å². The highest BCUT2D eigenvalue weighted by Crippen LogP contribution is 2.27. The lowest BCUT2D eigenvalue weighted by Gasteiger charge is -2.35. The summed E-state index contributed by atoms with van der Waals surface area (Å²) in [5, 5.41) is 10.2. The summed E-state index contributed by atoms with van der Waals surface area (Å²) < 4.78 is 5.55. The van der Waals surface area contributed by atoms with Gasteiger partial charge in [-0.2, -0.15) is 11.8 Å². The Morgan fingerprint density at radius 2 is 2.00 bits per heavy atom. The van der Waals surface area contributed by atoms with Crippen LogP contribution in [-0.4, -0.2) is 58.3 Å². The van der Waals surface area contributed by atoms with Gasteiger partial charge in [0.25, 0.3) is 0 Å². The van der Waals surface area contributed by atoms with Gasteiger partial charge in [-0.3, -0.25) is 4.90 Å². The summed E-state index contributed by atoms with van der Waals surface area (Å²) in [6, 6.07) is 0. The van der Waals surface area contributed by atoms with Crippen LogP contribution < -0.4 is 0 Å². The maximum absolute atomic E-state index is 10.8. The molecule has 0 aromatic carbocycles. The Bertz CT molecular complexity index is 277. The summed E-state index contributed by atoms with van der Waals surface area (Å²) in [5.74, 6) is -0.816. The second-order valence-corrected chi connectivity index (χ2v) is 7.02. The Labute approximate surface area is 107 Å². The lowest BCUT2D eigenvalue weighted by atomic mass is 10.2. The van der Waals surface area contributed by atoms with Crippen LogP contribution in [0, 0.1) is 0 Å². The molecular weight excluding hydrogens is 238 g/mol. The van der Waals surface area contributed by atoms with Crippen LogP contribution in [0.25, 0.3) is 0 Å². The van der Waals surface area contributed by atoms with E-state index in [0.29, 0.717) is 16.9 Å². The maximum atomic E-state index is 10.8. The molecule has 0 aromatic heterocycles. The molecule has 0 saturated carbocycles. The number of carboxylic acid groups (broad SMARTS) is 1. The number of carbonyl (C=O) groups is 1. The van der Waals surface area contributed by atoms with Gasteiger partial charge in [0.05, 0.1) is 6.10 Å². The number of rotatable bonds is 3. The van der Waals surface area contributed by atoms with Gasteiger partial charge < -0.3 is 9.84 Å². The molecule has 4 nitrogen and oxygen atoms in total. The molecule has 1 N–H and O–H groups in total. The van der Waals surface area contributed by atoms with E-state index in [0.717, 1.165) is 26.1 Å². The third-order valence-corrected chi connectivity index (χ3v) is 4.57. The van der Waals surface area contributed by atoms with E-state index >= 15 is 0 Å². The molecule has 17 heavy (non-hydrogen) atoms. The summed E-state index contributed by atoms with van der Waals surface area (Å²) in [6.45, 7) is 7.57. The van der Waals surface area contributed by atoms with E-state index in [2.05, 4.69) is 18.7 Å². The largest absolute Gasteiger partial charge is 0.479 e. The molecule has 98 valence electrons. The zero-order chi connectivity index (χ0) is 12.4. The number of carboxylic acids is 1. The highest BCUT2D eigenvalue weighted by atomic mass is 32.2. The van der Waals surface area contributed by atoms with Crippen LogP contribution in [0.2, 0.25) is 0 Å². The fraction of sp³-hybridized carbons (Fsp3) is 0.917. The van der Waals surface area contributed by atoms with Crippen molar-refractivity contribution in [3.63, 3.8) is 0 Å². The van der Waals surface area contributed by atoms with E-state index in [1.54, 1.807) is 0 Å². The second kappa shape index (κ2) is 5.59. The first-order valence-electron chi connectivity index (χ1n) is 6.30. The van der Waals surface area contributed by atoms with Gasteiger partial charge >= 0.3 is 5.97 Å². The first-order valence-corrected chi connectivity index (χ1v) is 7.25. The number of thioether (sulfide) groups is 1. The molecule has 0 radical (unpaired) electrons. The molecule has 2 aliphatic rings. The van der Waals surface area contributed by atoms with Crippen LogP contribution in [0.3, 0.4) is 0 Å². The van der Waals surface area contributed by atoms with Crippen LogP contribution in [0.5, 0.6) is 0 Å². The lowest BCUT2D eigenvalue weighted by molar-refractivity contribution is -0.149. The van der Waals surface area contributed by atoms with Gasteiger partial charge in [0.1, 0.15) is 0 Å². The van der Waals surface area contributed by atoms with Crippen molar-refractivity contribution in [2.75, 3.05) is 19.6 Å². The zero-order valence-corrected chi connectivity index (χ0v) is 11.3. The highest BCUT2D eigenvalue weighted by Gasteiger charge is 2.32. The molecule has 2 aliphatic heterocycles. The van der Waals surface area contributed by atoms with Crippen molar-refractivity contribution in [2.24, 2.45) is 0 Å². The molecule has 0 bridgehead atoms. The molecule has 2 fully saturated rings. The van der Waals surface area contributed by atoms with Gasteiger partial charge in [-0.15, -0.1) is 0 Å². The maximum Gasteiger partial charge on any atom is 0.332 e. The minimum atomic E-state index is -0.816. The van der Waals surface area contributed by atoms with Crippen molar-refractivity contribution in [2.45, 2.75) is 49.4 Å². The molecule has 2 heterocycles. The molecule has 0 spiro atoms. The average molecular weight is 259 g/mol. The topological polar surface area (TPSA) is 49.8 Å². The van der Waals surface area contributed by atoms with Crippen LogP contribution >= 0.6 is 11.8 Å².